The summed E-state index contributed by atoms with van der Waals surface area (Å²) in [7, 11) is 1.42. The van der Waals surface area contributed by atoms with Crippen LogP contribution in [0, 0.1) is 6.92 Å². The third kappa shape index (κ3) is 2.80. The van der Waals surface area contributed by atoms with Crippen LogP contribution in [0.2, 0.25) is 0 Å². The maximum atomic E-state index is 13.7. The lowest BCUT2D eigenvalue weighted by Gasteiger charge is -2.30. The molecule has 0 saturated carbocycles. The highest BCUT2D eigenvalue weighted by Gasteiger charge is 2.39. The summed E-state index contributed by atoms with van der Waals surface area (Å²) in [5.74, 6) is -1.27. The fraction of sp³-hybridized carbons (Fsp3) is 0.0690. The molecule has 1 N–H and O–H groups in total. The number of rotatable bonds is 2. The number of aromatic nitrogens is 2. The Kier molecular flexibility index (Phi) is 4.13. The van der Waals surface area contributed by atoms with Crippen LogP contribution in [-0.4, -0.2) is 45.5 Å². The number of imidazole rings is 1. The predicted molar refractivity (Wildman–Crippen MR) is 138 cm³/mol. The molecule has 0 bridgehead atoms. The molecule has 0 unspecified atom stereocenters. The van der Waals surface area contributed by atoms with Gasteiger partial charge in [-0.3, -0.25) is 24.1 Å². The van der Waals surface area contributed by atoms with Gasteiger partial charge in [-0.05, 0) is 49.4 Å². The molecule has 0 aliphatic carbocycles. The maximum absolute atomic E-state index is 13.7. The minimum absolute atomic E-state index is 0.269. The van der Waals surface area contributed by atoms with Gasteiger partial charge in [0.15, 0.2) is 0 Å². The number of nitrogens with one attached hydrogen (secondary N) is 1. The number of amides is 4. The zero-order valence-electron chi connectivity index (χ0n) is 19.8. The Morgan fingerprint density at radius 1 is 0.676 bits per heavy atom. The van der Waals surface area contributed by atoms with Gasteiger partial charge in [0.2, 0.25) is 0 Å². The fourth-order valence-electron chi connectivity index (χ4n) is 5.21. The van der Waals surface area contributed by atoms with Gasteiger partial charge in [0.25, 0.3) is 23.6 Å². The van der Waals surface area contributed by atoms with Crippen LogP contribution in [0.15, 0.2) is 66.7 Å². The molecule has 5 aromatic rings. The van der Waals surface area contributed by atoms with Crippen LogP contribution in [0.25, 0.3) is 33.2 Å². The average Bonchev–Trinajstić information content (AvgIpc) is 3.33. The van der Waals surface area contributed by atoms with E-state index in [0.29, 0.717) is 44.4 Å². The summed E-state index contributed by atoms with van der Waals surface area (Å²) in [6.45, 7) is 2.02. The monoisotopic (exact) mass is 486 g/mol. The van der Waals surface area contributed by atoms with Crippen LogP contribution in [0.5, 0.6) is 0 Å². The van der Waals surface area contributed by atoms with Gasteiger partial charge in [-0.2, -0.15) is 0 Å². The van der Waals surface area contributed by atoms with E-state index in [1.807, 2.05) is 31.2 Å². The standard InChI is InChI=1S/C29H18N4O4/c1-14-3-5-15(6-4-14)25-30-21-12-7-16(13-22(21)31-25)33-28(36)19-10-8-17-23-18(27(35)32(2)26(17)34)9-11-20(24(19)23)29(33)37/h3-13H,1-2H3,(H,30,31). The van der Waals surface area contributed by atoms with E-state index in [9.17, 15) is 19.2 Å². The molecule has 0 radical (unpaired) electrons. The SMILES string of the molecule is Cc1ccc(-c2nc3ccc(N4C(=O)c5ccc6c7c(ccc(c57)C4=O)C(=O)N(C)C6=O)cc3[nH]2)cc1. The number of fused-ring (bicyclic) bond motifs is 1. The predicted octanol–water partition coefficient (Wildman–Crippen LogP) is 4.72. The van der Waals surface area contributed by atoms with Crippen molar-refractivity contribution in [3.8, 4) is 11.4 Å². The van der Waals surface area contributed by atoms with Crippen molar-refractivity contribution in [2.75, 3.05) is 11.9 Å². The Labute approximate surface area is 210 Å². The van der Waals surface area contributed by atoms with Crippen molar-refractivity contribution in [3.05, 3.63) is 94.5 Å². The number of aryl methyl sites for hydroxylation is 1. The van der Waals surface area contributed by atoms with Crippen molar-refractivity contribution in [2.24, 2.45) is 0 Å². The highest BCUT2D eigenvalue weighted by atomic mass is 16.2. The molecule has 0 atom stereocenters. The van der Waals surface area contributed by atoms with Crippen molar-refractivity contribution in [1.29, 1.82) is 0 Å². The molecule has 8 nitrogen and oxygen atoms in total. The summed E-state index contributed by atoms with van der Waals surface area (Å²) in [6, 6.07) is 19.4. The van der Waals surface area contributed by atoms with Gasteiger partial charge in [-0.1, -0.05) is 29.8 Å². The summed E-state index contributed by atoms with van der Waals surface area (Å²) in [5.41, 5.74) is 4.99. The number of carbonyl (C=O) groups is 4. The zero-order chi connectivity index (χ0) is 25.6. The van der Waals surface area contributed by atoms with E-state index < -0.39 is 23.6 Å². The minimum Gasteiger partial charge on any atom is -0.338 e. The second kappa shape index (κ2) is 7.20. The van der Waals surface area contributed by atoms with Crippen molar-refractivity contribution in [3.63, 3.8) is 0 Å². The van der Waals surface area contributed by atoms with Gasteiger partial charge in [-0.15, -0.1) is 0 Å². The molecule has 0 spiro atoms. The van der Waals surface area contributed by atoms with Gasteiger partial charge in [0, 0.05) is 45.6 Å². The number of nitrogens with zero attached hydrogens (tertiary/aromatic N) is 3. The maximum Gasteiger partial charge on any atom is 0.265 e. The Morgan fingerprint density at radius 3 is 1.78 bits per heavy atom. The average molecular weight is 486 g/mol. The van der Waals surface area contributed by atoms with Crippen molar-refractivity contribution in [1.82, 2.24) is 14.9 Å². The molecule has 7 rings (SSSR count). The van der Waals surface area contributed by atoms with Gasteiger partial charge < -0.3 is 4.98 Å². The second-order valence-corrected chi connectivity index (χ2v) is 9.34. The van der Waals surface area contributed by atoms with Crippen molar-refractivity contribution in [2.45, 2.75) is 6.92 Å². The molecule has 2 aliphatic heterocycles. The lowest BCUT2D eigenvalue weighted by molar-refractivity contribution is 0.0649. The molecule has 0 saturated heterocycles. The summed E-state index contributed by atoms with van der Waals surface area (Å²) in [4.78, 5) is 62.9. The van der Waals surface area contributed by atoms with E-state index in [2.05, 4.69) is 9.97 Å². The van der Waals surface area contributed by atoms with Gasteiger partial charge in [0.05, 0.1) is 16.7 Å². The van der Waals surface area contributed by atoms with Crippen LogP contribution in [0.4, 0.5) is 5.69 Å². The first-order chi connectivity index (χ1) is 17.8. The van der Waals surface area contributed by atoms with E-state index in [0.717, 1.165) is 20.9 Å². The number of H-pyrrole nitrogens is 1. The van der Waals surface area contributed by atoms with Crippen LogP contribution in [0.3, 0.4) is 0 Å². The molecule has 4 aromatic carbocycles. The zero-order valence-corrected chi connectivity index (χ0v) is 19.8. The van der Waals surface area contributed by atoms with Gasteiger partial charge in [-0.25, -0.2) is 9.88 Å². The molecule has 8 heteroatoms. The van der Waals surface area contributed by atoms with Crippen LogP contribution in [0.1, 0.15) is 47.0 Å². The van der Waals surface area contributed by atoms with E-state index in [1.54, 1.807) is 42.5 Å². The first-order valence-electron chi connectivity index (χ1n) is 11.7. The lowest BCUT2D eigenvalue weighted by Crippen LogP contribution is -2.42. The fourth-order valence-corrected chi connectivity index (χ4v) is 5.21. The Hall–Kier alpha value is -5.11. The number of hydrogen-bond acceptors (Lipinski definition) is 5. The molecule has 1 aromatic heterocycles. The topological polar surface area (TPSA) is 103 Å². The summed E-state index contributed by atoms with van der Waals surface area (Å²) < 4.78 is 0. The lowest BCUT2D eigenvalue weighted by atomic mass is 9.86. The third-order valence-corrected chi connectivity index (χ3v) is 7.15. The van der Waals surface area contributed by atoms with Crippen LogP contribution < -0.4 is 4.90 Å². The van der Waals surface area contributed by atoms with E-state index in [4.69, 9.17) is 0 Å². The summed E-state index contributed by atoms with van der Waals surface area (Å²) in [5, 5.41) is 0.705. The highest BCUT2D eigenvalue weighted by Crippen LogP contribution is 2.39. The smallest absolute Gasteiger partial charge is 0.265 e. The third-order valence-electron chi connectivity index (χ3n) is 7.15. The number of hydrogen-bond donors (Lipinski definition) is 1. The molecule has 37 heavy (non-hydrogen) atoms. The summed E-state index contributed by atoms with van der Waals surface area (Å²) >= 11 is 0. The van der Waals surface area contributed by atoms with E-state index in [-0.39, 0.29) is 11.1 Å². The van der Waals surface area contributed by atoms with Gasteiger partial charge >= 0.3 is 0 Å². The van der Waals surface area contributed by atoms with Crippen molar-refractivity contribution < 1.29 is 19.2 Å². The number of aromatic amines is 1. The van der Waals surface area contributed by atoms with Crippen molar-refractivity contribution >= 4 is 51.1 Å². The second-order valence-electron chi connectivity index (χ2n) is 9.34. The van der Waals surface area contributed by atoms with E-state index in [1.165, 1.54) is 7.05 Å². The Balaban J connectivity index is 1.36. The molecule has 4 amide bonds. The van der Waals surface area contributed by atoms with E-state index >= 15 is 0 Å². The molecule has 2 aliphatic rings. The molecular weight excluding hydrogens is 468 g/mol. The number of anilines is 1. The molecule has 0 fully saturated rings. The Morgan fingerprint density at radius 2 is 1.22 bits per heavy atom. The molecule has 3 heterocycles. The quantitative estimate of drug-likeness (QED) is 0.364. The van der Waals surface area contributed by atoms with Crippen LogP contribution in [-0.2, 0) is 0 Å². The first kappa shape index (κ1) is 21.2. The first-order valence-corrected chi connectivity index (χ1v) is 11.7. The highest BCUT2D eigenvalue weighted by molar-refractivity contribution is 6.39. The normalized spacial score (nSPS) is 14.9. The number of carbonyl (C=O) groups excluding carboxylic acids is 4. The number of imide groups is 2. The van der Waals surface area contributed by atoms with Gasteiger partial charge in [0.1, 0.15) is 5.82 Å². The Bertz CT molecular complexity index is 1810. The molecular formula is C29H18N4O4. The largest absolute Gasteiger partial charge is 0.338 e. The number of benzene rings is 4. The van der Waals surface area contributed by atoms with Crippen LogP contribution >= 0.6 is 0 Å². The molecule has 178 valence electrons. The summed E-state index contributed by atoms with van der Waals surface area (Å²) in [6.07, 6.45) is 0. The minimum atomic E-state index is -0.516.